The zero-order chi connectivity index (χ0) is 19.7. The molecular weight excluding hydrogens is 370 g/mol. The van der Waals surface area contributed by atoms with E-state index in [1.54, 1.807) is 10.4 Å². The summed E-state index contributed by atoms with van der Waals surface area (Å²) in [7, 11) is 3.80. The third-order valence-corrected chi connectivity index (χ3v) is 6.98. The summed E-state index contributed by atoms with van der Waals surface area (Å²) in [6.07, 6.45) is 7.67. The zero-order valence-corrected chi connectivity index (χ0v) is 18.2. The molecule has 6 nitrogen and oxygen atoms in total. The molecule has 2 aromatic heterocycles. The number of nitrogens with one attached hydrogen (secondary N) is 1. The lowest BCUT2D eigenvalue weighted by atomic mass is 9.77. The highest BCUT2D eigenvalue weighted by atomic mass is 32.1. The van der Waals surface area contributed by atoms with Gasteiger partial charge < -0.3 is 15.0 Å². The van der Waals surface area contributed by atoms with Crippen LogP contribution in [0.1, 0.15) is 47.3 Å². The average molecular weight is 402 g/mol. The number of aryl methyl sites for hydroxylation is 2. The lowest BCUT2D eigenvalue weighted by Gasteiger charge is -2.34. The fourth-order valence-electron chi connectivity index (χ4n) is 4.18. The second-order valence-electron chi connectivity index (χ2n) is 8.66. The van der Waals surface area contributed by atoms with Gasteiger partial charge in [0, 0.05) is 42.2 Å². The lowest BCUT2D eigenvalue weighted by Crippen LogP contribution is -2.47. The van der Waals surface area contributed by atoms with Crippen molar-refractivity contribution in [1.29, 1.82) is 0 Å². The Morgan fingerprint density at radius 2 is 2.32 bits per heavy atom. The van der Waals surface area contributed by atoms with Crippen molar-refractivity contribution in [2.75, 3.05) is 26.7 Å². The molecule has 7 heteroatoms. The Kier molecular flexibility index (Phi) is 5.47. The molecule has 1 fully saturated rings. The summed E-state index contributed by atoms with van der Waals surface area (Å²) in [6, 6.07) is 2.40. The number of thiophene rings is 1. The van der Waals surface area contributed by atoms with Crippen LogP contribution in [0.2, 0.25) is 0 Å². The molecule has 0 aromatic carbocycles. The molecule has 4 rings (SSSR count). The number of aliphatic imine (C=N–C) groups is 1. The van der Waals surface area contributed by atoms with E-state index in [-0.39, 0.29) is 6.10 Å². The third-order valence-electron chi connectivity index (χ3n) is 5.74. The van der Waals surface area contributed by atoms with Crippen molar-refractivity contribution >= 4 is 17.3 Å². The number of morpholine rings is 1. The van der Waals surface area contributed by atoms with Gasteiger partial charge in [0.2, 0.25) is 0 Å². The number of nitrogens with zero attached hydrogens (tertiary/aromatic N) is 4. The Labute approximate surface area is 171 Å². The highest BCUT2D eigenvalue weighted by Gasteiger charge is 2.28. The molecule has 1 atom stereocenters. The molecule has 28 heavy (non-hydrogen) atoms. The molecular formula is C21H31N5OS. The molecule has 0 radical (unpaired) electrons. The molecule has 0 bridgehead atoms. The maximum Gasteiger partial charge on any atom is 0.194 e. The van der Waals surface area contributed by atoms with E-state index >= 15 is 0 Å². The highest BCUT2D eigenvalue weighted by Crippen LogP contribution is 2.38. The molecule has 0 amide bonds. The van der Waals surface area contributed by atoms with Crippen molar-refractivity contribution in [3.63, 3.8) is 0 Å². The summed E-state index contributed by atoms with van der Waals surface area (Å²) < 4.78 is 7.79. The molecule has 1 saturated heterocycles. The fourth-order valence-corrected chi connectivity index (χ4v) is 5.31. The van der Waals surface area contributed by atoms with Crippen molar-refractivity contribution in [3.05, 3.63) is 39.3 Å². The van der Waals surface area contributed by atoms with Gasteiger partial charge in [0.1, 0.15) is 6.10 Å². The van der Waals surface area contributed by atoms with Gasteiger partial charge in [-0.3, -0.25) is 9.67 Å². The van der Waals surface area contributed by atoms with Crippen molar-refractivity contribution in [2.24, 2.45) is 17.5 Å². The normalized spacial score (nSPS) is 22.2. The van der Waals surface area contributed by atoms with Crippen molar-refractivity contribution in [2.45, 2.75) is 45.8 Å². The van der Waals surface area contributed by atoms with Crippen molar-refractivity contribution < 1.29 is 4.74 Å². The van der Waals surface area contributed by atoms with Crippen LogP contribution in [0.25, 0.3) is 0 Å². The Morgan fingerprint density at radius 3 is 3.07 bits per heavy atom. The van der Waals surface area contributed by atoms with Gasteiger partial charge in [0.05, 0.1) is 25.9 Å². The van der Waals surface area contributed by atoms with Crippen LogP contribution >= 0.6 is 11.3 Å². The quantitative estimate of drug-likeness (QED) is 0.634. The van der Waals surface area contributed by atoms with Gasteiger partial charge in [0.15, 0.2) is 5.96 Å². The molecule has 1 unspecified atom stereocenters. The van der Waals surface area contributed by atoms with E-state index in [1.807, 2.05) is 42.5 Å². The first-order valence-corrected chi connectivity index (χ1v) is 10.9. The highest BCUT2D eigenvalue weighted by molar-refractivity contribution is 7.12. The molecule has 0 saturated carbocycles. The van der Waals surface area contributed by atoms with Crippen LogP contribution in [0.4, 0.5) is 0 Å². The van der Waals surface area contributed by atoms with E-state index in [0.29, 0.717) is 12.0 Å². The van der Waals surface area contributed by atoms with Crippen LogP contribution in [0, 0.1) is 5.41 Å². The minimum atomic E-state index is 0.0392. The minimum Gasteiger partial charge on any atom is -0.370 e. The lowest BCUT2D eigenvalue weighted by molar-refractivity contribution is -0.00804. The predicted octanol–water partition coefficient (Wildman–Crippen LogP) is 3.15. The topological polar surface area (TPSA) is 54.7 Å². The largest absolute Gasteiger partial charge is 0.370 e. The van der Waals surface area contributed by atoms with E-state index in [9.17, 15) is 0 Å². The molecule has 152 valence electrons. The number of hydrogen-bond donors (Lipinski definition) is 1. The van der Waals surface area contributed by atoms with E-state index in [1.165, 1.54) is 24.1 Å². The summed E-state index contributed by atoms with van der Waals surface area (Å²) >= 11 is 1.96. The van der Waals surface area contributed by atoms with E-state index in [4.69, 9.17) is 4.74 Å². The number of rotatable bonds is 3. The van der Waals surface area contributed by atoms with Gasteiger partial charge in [0.25, 0.3) is 0 Å². The second kappa shape index (κ2) is 7.87. The summed E-state index contributed by atoms with van der Waals surface area (Å²) in [5, 5.41) is 7.85. The monoisotopic (exact) mass is 401 g/mol. The Balaban J connectivity index is 1.38. The number of ether oxygens (including phenoxy) is 1. The summed E-state index contributed by atoms with van der Waals surface area (Å²) in [4.78, 5) is 9.80. The van der Waals surface area contributed by atoms with E-state index in [0.717, 1.165) is 31.2 Å². The van der Waals surface area contributed by atoms with Crippen LogP contribution in [0.3, 0.4) is 0 Å². The minimum absolute atomic E-state index is 0.0392. The fraction of sp³-hybridized carbons (Fsp3) is 0.619. The first-order chi connectivity index (χ1) is 13.4. The number of fused-ring (bicyclic) bond motifs is 1. The number of hydrogen-bond acceptors (Lipinski definition) is 4. The smallest absolute Gasteiger partial charge is 0.194 e. The van der Waals surface area contributed by atoms with Crippen LogP contribution in [-0.4, -0.2) is 47.4 Å². The maximum atomic E-state index is 5.96. The summed E-state index contributed by atoms with van der Waals surface area (Å²) in [6.45, 7) is 7.93. The van der Waals surface area contributed by atoms with Gasteiger partial charge in [-0.25, -0.2) is 0 Å². The molecule has 1 aliphatic heterocycles. The van der Waals surface area contributed by atoms with Gasteiger partial charge in [-0.05, 0) is 36.3 Å². The SMILES string of the molecule is CN=C(NCc1cc2c(s1)CCC(C)(C)C2)N1CCOC(c2cnn(C)c2)C1. The molecule has 1 aliphatic carbocycles. The Bertz CT molecular complexity index is 853. The van der Waals surface area contributed by atoms with Gasteiger partial charge in [-0.2, -0.15) is 5.10 Å². The Morgan fingerprint density at radius 1 is 1.46 bits per heavy atom. The van der Waals surface area contributed by atoms with Gasteiger partial charge >= 0.3 is 0 Å². The van der Waals surface area contributed by atoms with Crippen LogP contribution < -0.4 is 5.32 Å². The number of aromatic nitrogens is 2. The maximum absolute atomic E-state index is 5.96. The zero-order valence-electron chi connectivity index (χ0n) is 17.4. The molecule has 0 spiro atoms. The predicted molar refractivity (Wildman–Crippen MR) is 114 cm³/mol. The molecule has 1 N–H and O–H groups in total. The first-order valence-electron chi connectivity index (χ1n) is 10.1. The van der Waals surface area contributed by atoms with Crippen LogP contribution in [0.15, 0.2) is 23.5 Å². The van der Waals surface area contributed by atoms with Gasteiger partial charge in [-0.1, -0.05) is 13.8 Å². The number of guanidine groups is 1. The van der Waals surface area contributed by atoms with E-state index < -0.39 is 0 Å². The van der Waals surface area contributed by atoms with Crippen molar-refractivity contribution in [3.8, 4) is 0 Å². The molecule has 2 aromatic rings. The van der Waals surface area contributed by atoms with Crippen LogP contribution in [0.5, 0.6) is 0 Å². The standard InChI is InChI=1S/C21H31N5OS/c1-21(2)6-5-19-15(10-21)9-17(28-19)12-23-20(22-3)26-7-8-27-18(14-26)16-11-24-25(4)13-16/h9,11,13,18H,5-8,10,12,14H2,1-4H3,(H,22,23). The second-order valence-corrected chi connectivity index (χ2v) is 9.88. The van der Waals surface area contributed by atoms with Crippen LogP contribution in [-0.2, 0) is 31.2 Å². The average Bonchev–Trinajstić information content (AvgIpc) is 3.27. The van der Waals surface area contributed by atoms with Gasteiger partial charge in [-0.15, -0.1) is 11.3 Å². The van der Waals surface area contributed by atoms with Crippen molar-refractivity contribution in [1.82, 2.24) is 20.0 Å². The molecule has 2 aliphatic rings. The molecule has 3 heterocycles. The summed E-state index contributed by atoms with van der Waals surface area (Å²) in [5.41, 5.74) is 3.11. The first kappa shape index (κ1) is 19.5. The summed E-state index contributed by atoms with van der Waals surface area (Å²) in [5.74, 6) is 0.948. The van der Waals surface area contributed by atoms with E-state index in [2.05, 4.69) is 40.2 Å². The third kappa shape index (κ3) is 4.25. The Hall–Kier alpha value is -1.86.